The molecule has 0 aromatic heterocycles. The van der Waals surface area contributed by atoms with Gasteiger partial charge in [-0.05, 0) is 104 Å². The lowest BCUT2D eigenvalue weighted by molar-refractivity contribution is 1.29. The quantitative estimate of drug-likeness (QED) is 0.114. The summed E-state index contributed by atoms with van der Waals surface area (Å²) in [4.78, 5) is 4.75. The average molecular weight is 715 g/mol. The van der Waals surface area contributed by atoms with Crippen molar-refractivity contribution < 1.29 is 0 Å². The van der Waals surface area contributed by atoms with Crippen LogP contribution in [0.4, 0.5) is 34.1 Å². The van der Waals surface area contributed by atoms with Crippen LogP contribution in [-0.2, 0) is 0 Å². The normalized spacial score (nSPS) is 11.5. The highest BCUT2D eigenvalue weighted by Gasteiger charge is 2.19. The summed E-state index contributed by atoms with van der Waals surface area (Å²) < 4.78 is 0. The second kappa shape index (κ2) is 14.4. The molecule has 0 N–H and O–H groups in total. The van der Waals surface area contributed by atoms with Gasteiger partial charge in [-0.15, -0.1) is 0 Å². The van der Waals surface area contributed by atoms with E-state index in [9.17, 15) is 0 Å². The molecule has 0 atom stereocenters. The van der Waals surface area contributed by atoms with Crippen LogP contribution in [0.3, 0.4) is 0 Å². The van der Waals surface area contributed by atoms with E-state index in [1.54, 1.807) is 0 Å². The summed E-state index contributed by atoms with van der Waals surface area (Å²) in [5.41, 5.74) is 9.08. The van der Waals surface area contributed by atoms with Crippen molar-refractivity contribution in [3.63, 3.8) is 0 Å². The third-order valence-electron chi connectivity index (χ3n) is 10.8. The minimum absolute atomic E-state index is 1.11. The maximum Gasteiger partial charge on any atom is 0.0546 e. The van der Waals surface area contributed by atoms with Gasteiger partial charge in [-0.3, -0.25) is 0 Å². The summed E-state index contributed by atoms with van der Waals surface area (Å²) in [6.07, 6.45) is 4.39. The van der Waals surface area contributed by atoms with Gasteiger partial charge in [0, 0.05) is 33.5 Å². The molecule has 0 radical (unpaired) electrons. The number of para-hydroxylation sites is 1. The molecule has 0 amide bonds. The Balaban J connectivity index is 0.993. The number of hydrogen-bond donors (Lipinski definition) is 0. The molecule has 0 fully saturated rings. The van der Waals surface area contributed by atoms with Crippen LogP contribution < -0.4 is 9.80 Å². The number of rotatable bonds is 8. The highest BCUT2D eigenvalue weighted by molar-refractivity contribution is 6.15. The molecule has 56 heavy (non-hydrogen) atoms. The van der Waals surface area contributed by atoms with Crippen LogP contribution in [-0.4, -0.2) is 0 Å². The van der Waals surface area contributed by atoms with Gasteiger partial charge in [0.2, 0.25) is 0 Å². The zero-order chi connectivity index (χ0) is 37.3. The molecule has 0 saturated carbocycles. The first kappa shape index (κ1) is 33.2. The highest BCUT2D eigenvalue weighted by Crippen LogP contribution is 2.44. The lowest BCUT2D eigenvalue weighted by Crippen LogP contribution is -2.11. The van der Waals surface area contributed by atoms with Crippen molar-refractivity contribution in [2.45, 2.75) is 0 Å². The van der Waals surface area contributed by atoms with E-state index >= 15 is 0 Å². The number of fused-ring (bicyclic) bond motifs is 5. The molecule has 0 saturated heterocycles. The number of nitrogens with zero attached hydrogens (tertiary/aromatic N) is 2. The summed E-state index contributed by atoms with van der Waals surface area (Å²) >= 11 is 0. The monoisotopic (exact) mass is 714 g/mol. The molecular formula is C54H38N2. The molecule has 0 aliphatic rings. The van der Waals surface area contributed by atoms with Crippen molar-refractivity contribution in [3.05, 3.63) is 230 Å². The second-order valence-corrected chi connectivity index (χ2v) is 14.2. The van der Waals surface area contributed by atoms with Crippen LogP contribution in [0.15, 0.2) is 218 Å². The van der Waals surface area contributed by atoms with Gasteiger partial charge in [-0.1, -0.05) is 170 Å². The second-order valence-electron chi connectivity index (χ2n) is 14.2. The Morgan fingerprint density at radius 2 is 0.750 bits per heavy atom. The van der Waals surface area contributed by atoms with Crippen molar-refractivity contribution in [2.75, 3.05) is 9.80 Å². The van der Waals surface area contributed by atoms with Crippen molar-refractivity contribution >= 4 is 89.4 Å². The molecule has 0 aliphatic carbocycles. The van der Waals surface area contributed by atoms with Crippen LogP contribution in [0, 0.1) is 0 Å². The van der Waals surface area contributed by atoms with Crippen LogP contribution >= 0.6 is 0 Å². The Bertz CT molecular complexity index is 3010. The summed E-state index contributed by atoms with van der Waals surface area (Å²) in [5, 5.41) is 9.85. The van der Waals surface area contributed by atoms with E-state index in [1.807, 2.05) is 0 Å². The molecule has 10 aromatic rings. The smallest absolute Gasteiger partial charge is 0.0546 e. The van der Waals surface area contributed by atoms with Gasteiger partial charge in [0.1, 0.15) is 0 Å². The fraction of sp³-hybridized carbons (Fsp3) is 0. The van der Waals surface area contributed by atoms with E-state index in [4.69, 9.17) is 0 Å². The van der Waals surface area contributed by atoms with Gasteiger partial charge in [0.25, 0.3) is 0 Å². The van der Waals surface area contributed by atoms with Gasteiger partial charge in [0.15, 0.2) is 0 Å². The first-order chi connectivity index (χ1) is 27.8. The van der Waals surface area contributed by atoms with Crippen molar-refractivity contribution in [2.24, 2.45) is 0 Å². The lowest BCUT2D eigenvalue weighted by atomic mass is 9.98. The standard InChI is InChI=1S/C54H38N2/c1-2-18-45(19-3-1)55(48-36-31-41-13-4-5-15-43(41)37-48)46-32-27-39(28-33-46)25-26-40-29-34-47(35-30-40)56(53-24-12-17-42-14-6-9-21-50(42)53)54-38-44-16-7-8-20-49(44)51-22-10-11-23-52(51)54/h1-38H. The van der Waals surface area contributed by atoms with E-state index in [1.165, 1.54) is 43.1 Å². The maximum atomic E-state index is 2.43. The zero-order valence-electron chi connectivity index (χ0n) is 30.8. The molecule has 0 unspecified atom stereocenters. The first-order valence-corrected chi connectivity index (χ1v) is 19.2. The SMILES string of the molecule is C(=Cc1ccc(N(c2cccc3ccccc23)c2cc3ccccc3c3ccccc23)cc1)c1ccc(N(c2ccccc2)c2ccc3ccccc3c2)cc1. The predicted octanol–water partition coefficient (Wildman–Crippen LogP) is 15.4. The highest BCUT2D eigenvalue weighted by atomic mass is 15.1. The van der Waals surface area contributed by atoms with Crippen LogP contribution in [0.25, 0.3) is 55.2 Å². The fourth-order valence-electron chi connectivity index (χ4n) is 8.03. The maximum absolute atomic E-state index is 2.43. The lowest BCUT2D eigenvalue weighted by Gasteiger charge is -2.29. The average Bonchev–Trinajstić information content (AvgIpc) is 3.27. The Morgan fingerprint density at radius 3 is 1.46 bits per heavy atom. The Hall–Kier alpha value is -7.42. The summed E-state index contributed by atoms with van der Waals surface area (Å²) in [5.74, 6) is 0. The minimum atomic E-state index is 1.11. The molecule has 264 valence electrons. The van der Waals surface area contributed by atoms with Gasteiger partial charge in [-0.25, -0.2) is 0 Å². The summed E-state index contributed by atoms with van der Waals surface area (Å²) in [6.45, 7) is 0. The molecule has 0 aliphatic heterocycles. The zero-order valence-corrected chi connectivity index (χ0v) is 30.8. The van der Waals surface area contributed by atoms with E-state index in [0.717, 1.165) is 45.3 Å². The molecule has 10 aromatic carbocycles. The number of hydrogen-bond acceptors (Lipinski definition) is 2. The van der Waals surface area contributed by atoms with E-state index < -0.39 is 0 Å². The van der Waals surface area contributed by atoms with E-state index in [0.29, 0.717) is 0 Å². The number of benzene rings is 10. The molecule has 0 spiro atoms. The van der Waals surface area contributed by atoms with Crippen LogP contribution in [0.2, 0.25) is 0 Å². The molecule has 2 nitrogen and oxygen atoms in total. The van der Waals surface area contributed by atoms with Crippen molar-refractivity contribution in [1.82, 2.24) is 0 Å². The molecule has 2 heteroatoms. The Kier molecular flexibility index (Phi) is 8.55. The Morgan fingerprint density at radius 1 is 0.250 bits per heavy atom. The van der Waals surface area contributed by atoms with Gasteiger partial charge in [0.05, 0.1) is 11.4 Å². The minimum Gasteiger partial charge on any atom is -0.310 e. The number of anilines is 6. The van der Waals surface area contributed by atoms with Crippen LogP contribution in [0.5, 0.6) is 0 Å². The predicted molar refractivity (Wildman–Crippen MR) is 241 cm³/mol. The summed E-state index contributed by atoms with van der Waals surface area (Å²) in [6, 6.07) is 78.6. The van der Waals surface area contributed by atoms with Gasteiger partial charge >= 0.3 is 0 Å². The van der Waals surface area contributed by atoms with Crippen molar-refractivity contribution in [1.29, 1.82) is 0 Å². The van der Waals surface area contributed by atoms with E-state index in [-0.39, 0.29) is 0 Å². The largest absolute Gasteiger partial charge is 0.310 e. The van der Waals surface area contributed by atoms with E-state index in [2.05, 4.69) is 240 Å². The van der Waals surface area contributed by atoms with Crippen LogP contribution in [0.1, 0.15) is 11.1 Å². The van der Waals surface area contributed by atoms with Gasteiger partial charge in [-0.2, -0.15) is 0 Å². The van der Waals surface area contributed by atoms with Crippen molar-refractivity contribution in [3.8, 4) is 0 Å². The third-order valence-corrected chi connectivity index (χ3v) is 10.8. The molecule has 0 bridgehead atoms. The van der Waals surface area contributed by atoms with Gasteiger partial charge < -0.3 is 9.80 Å². The third kappa shape index (κ3) is 6.24. The summed E-state index contributed by atoms with van der Waals surface area (Å²) in [7, 11) is 0. The first-order valence-electron chi connectivity index (χ1n) is 19.2. The molecular weight excluding hydrogens is 677 g/mol. The molecule has 0 heterocycles. The molecule has 10 rings (SSSR count). The topological polar surface area (TPSA) is 6.48 Å². The Labute approximate surface area is 327 Å². The fourth-order valence-corrected chi connectivity index (χ4v) is 8.03.